The number of pyridine rings is 1. The largest absolute Gasteiger partial charge is 0.497 e. The normalized spacial score (nSPS) is 17.5. The third-order valence-corrected chi connectivity index (χ3v) is 7.13. The van der Waals surface area contributed by atoms with Crippen LogP contribution in [0.4, 0.5) is 0 Å². The van der Waals surface area contributed by atoms with Gasteiger partial charge in [-0.1, -0.05) is 23.9 Å². The molecular formula is C26H25N5O4S. The number of nitrogens with zero attached hydrogens (tertiary/aromatic N) is 4. The Morgan fingerprint density at radius 2 is 2.03 bits per heavy atom. The van der Waals surface area contributed by atoms with Crippen LogP contribution in [-0.2, 0) is 27.2 Å². The van der Waals surface area contributed by atoms with Crippen molar-refractivity contribution in [2.45, 2.75) is 23.9 Å². The Balaban J connectivity index is 1.73. The topological polar surface area (TPSA) is 134 Å². The summed E-state index contributed by atoms with van der Waals surface area (Å²) in [5.74, 6) is -0.435. The molecule has 0 bridgehead atoms. The first-order valence-electron chi connectivity index (χ1n) is 11.2. The van der Waals surface area contributed by atoms with Crippen molar-refractivity contribution in [2.75, 3.05) is 33.6 Å². The molecule has 1 aromatic carbocycles. The molecule has 36 heavy (non-hydrogen) atoms. The number of carbonyl (C=O) groups excluding carboxylic acids is 1. The average molecular weight is 504 g/mol. The minimum atomic E-state index is -0.778. The number of methoxy groups -OCH3 is 2. The van der Waals surface area contributed by atoms with Crippen LogP contribution >= 0.6 is 11.8 Å². The Bertz CT molecular complexity index is 1340. The summed E-state index contributed by atoms with van der Waals surface area (Å²) in [6.45, 7) is 1.63. The fourth-order valence-corrected chi connectivity index (χ4v) is 5.22. The number of nitriles is 2. The molecule has 2 aliphatic heterocycles. The lowest BCUT2D eigenvalue weighted by atomic mass is 9.83. The highest BCUT2D eigenvalue weighted by atomic mass is 32.2. The number of hydrogen-bond donors (Lipinski definition) is 1. The van der Waals surface area contributed by atoms with Crippen molar-refractivity contribution >= 4 is 17.7 Å². The number of aromatic nitrogens is 1. The van der Waals surface area contributed by atoms with Crippen LogP contribution < -0.4 is 10.5 Å². The second-order valence-electron chi connectivity index (χ2n) is 8.36. The van der Waals surface area contributed by atoms with Crippen molar-refractivity contribution in [3.8, 4) is 17.9 Å². The summed E-state index contributed by atoms with van der Waals surface area (Å²) in [5.41, 5.74) is 9.55. The second-order valence-corrected chi connectivity index (χ2v) is 9.33. The van der Waals surface area contributed by atoms with Gasteiger partial charge in [-0.3, -0.25) is 0 Å². The first kappa shape index (κ1) is 25.1. The number of likely N-dealkylation sites (N-methyl/N-ethyl adjacent to an activating group) is 1. The lowest BCUT2D eigenvalue weighted by Gasteiger charge is -2.28. The molecule has 0 fully saturated rings. The van der Waals surface area contributed by atoms with Gasteiger partial charge < -0.3 is 24.8 Å². The number of allylic oxidation sites excluding steroid dienone is 1. The van der Waals surface area contributed by atoms with Gasteiger partial charge in [0.05, 0.1) is 37.0 Å². The molecule has 0 amide bonds. The van der Waals surface area contributed by atoms with E-state index in [1.54, 1.807) is 31.4 Å². The van der Waals surface area contributed by atoms with Crippen molar-refractivity contribution in [1.29, 1.82) is 10.5 Å². The molecule has 0 aliphatic carbocycles. The van der Waals surface area contributed by atoms with Crippen molar-refractivity contribution in [1.82, 2.24) is 9.88 Å². The Morgan fingerprint density at radius 1 is 1.28 bits per heavy atom. The Hall–Kier alpha value is -3.99. The number of carbonyl (C=O) groups is 1. The van der Waals surface area contributed by atoms with Gasteiger partial charge in [0.15, 0.2) is 0 Å². The van der Waals surface area contributed by atoms with E-state index in [4.69, 9.17) is 24.9 Å². The molecule has 9 nitrogen and oxygen atoms in total. The van der Waals surface area contributed by atoms with E-state index in [0.717, 1.165) is 30.8 Å². The molecular weight excluding hydrogens is 478 g/mol. The minimum Gasteiger partial charge on any atom is -0.497 e. The van der Waals surface area contributed by atoms with Crippen molar-refractivity contribution < 1.29 is 19.0 Å². The van der Waals surface area contributed by atoms with Crippen LogP contribution in [0.1, 0.15) is 28.3 Å². The highest BCUT2D eigenvalue weighted by Crippen LogP contribution is 2.41. The van der Waals surface area contributed by atoms with Gasteiger partial charge in [-0.2, -0.15) is 10.5 Å². The van der Waals surface area contributed by atoms with Gasteiger partial charge in [-0.25, -0.2) is 9.78 Å². The fraction of sp³-hybridized carbons (Fsp3) is 0.308. The van der Waals surface area contributed by atoms with Crippen molar-refractivity contribution in [3.63, 3.8) is 0 Å². The number of benzene rings is 1. The van der Waals surface area contributed by atoms with E-state index >= 15 is 0 Å². The van der Waals surface area contributed by atoms with Crippen LogP contribution in [0.25, 0.3) is 0 Å². The first-order chi connectivity index (χ1) is 17.4. The van der Waals surface area contributed by atoms with Gasteiger partial charge >= 0.3 is 5.97 Å². The zero-order chi connectivity index (χ0) is 25.8. The monoisotopic (exact) mass is 503 g/mol. The summed E-state index contributed by atoms with van der Waals surface area (Å²) in [6, 6.07) is 13.2. The Kier molecular flexibility index (Phi) is 7.49. The third kappa shape index (κ3) is 4.87. The number of hydrogen-bond acceptors (Lipinski definition) is 10. The molecule has 2 aliphatic rings. The van der Waals surface area contributed by atoms with Gasteiger partial charge in [0, 0.05) is 25.2 Å². The van der Waals surface area contributed by atoms with Crippen LogP contribution in [0.2, 0.25) is 0 Å². The van der Waals surface area contributed by atoms with Gasteiger partial charge in [0.2, 0.25) is 5.88 Å². The van der Waals surface area contributed by atoms with Gasteiger partial charge in [0.1, 0.15) is 34.2 Å². The Morgan fingerprint density at radius 3 is 2.67 bits per heavy atom. The molecule has 3 heterocycles. The predicted octanol–water partition coefficient (Wildman–Crippen LogP) is 2.98. The maximum Gasteiger partial charge on any atom is 0.338 e. The van der Waals surface area contributed by atoms with Crippen LogP contribution in [0, 0.1) is 22.7 Å². The molecule has 2 N–H and O–H groups in total. The van der Waals surface area contributed by atoms with Gasteiger partial charge in [-0.05, 0) is 36.4 Å². The van der Waals surface area contributed by atoms with Gasteiger partial charge in [-0.15, -0.1) is 0 Å². The van der Waals surface area contributed by atoms with E-state index in [9.17, 15) is 15.3 Å². The standard InChI is InChI=1S/C26H25N5O4S/c1-31-9-8-20-17(13-31)10-16(11-27)25(30-20)36-14-21-23(26(32)34-3)22(19(12-28)24(29)35-21)15-4-6-18(33-2)7-5-15/h4-7,10,22H,8-9,13-14,29H2,1-3H3/t22-/m1/s1. The highest BCUT2D eigenvalue weighted by molar-refractivity contribution is 7.99. The van der Waals surface area contributed by atoms with E-state index in [-0.39, 0.29) is 28.5 Å². The number of esters is 1. The van der Waals surface area contributed by atoms with Crippen LogP contribution in [0.15, 0.2) is 58.1 Å². The van der Waals surface area contributed by atoms with Crippen LogP contribution in [-0.4, -0.2) is 49.4 Å². The molecule has 0 unspecified atom stereocenters. The summed E-state index contributed by atoms with van der Waals surface area (Å²) >= 11 is 1.28. The molecule has 1 aromatic heterocycles. The highest BCUT2D eigenvalue weighted by Gasteiger charge is 2.37. The van der Waals surface area contributed by atoms with E-state index < -0.39 is 11.9 Å². The fourth-order valence-electron chi connectivity index (χ4n) is 4.31. The molecule has 184 valence electrons. The predicted molar refractivity (Wildman–Crippen MR) is 132 cm³/mol. The maximum absolute atomic E-state index is 13.0. The zero-order valence-electron chi connectivity index (χ0n) is 20.2. The van der Waals surface area contributed by atoms with Crippen molar-refractivity contribution in [3.05, 3.63) is 75.5 Å². The SMILES string of the molecule is COC(=O)C1=C(CSc2nc3c(cc2C#N)CN(C)CC3)OC(N)=C(C#N)[C@H]1c1ccc(OC)cc1. The number of nitrogens with two attached hydrogens (primary N) is 1. The van der Waals surface area contributed by atoms with Crippen molar-refractivity contribution in [2.24, 2.45) is 5.73 Å². The second kappa shape index (κ2) is 10.7. The quantitative estimate of drug-likeness (QED) is 0.463. The van der Waals surface area contributed by atoms with E-state index in [1.807, 2.05) is 13.1 Å². The first-order valence-corrected chi connectivity index (χ1v) is 12.2. The molecule has 0 saturated carbocycles. The molecule has 1 atom stereocenters. The lowest BCUT2D eigenvalue weighted by molar-refractivity contribution is -0.136. The smallest absolute Gasteiger partial charge is 0.338 e. The lowest BCUT2D eigenvalue weighted by Crippen LogP contribution is -2.27. The molecule has 2 aromatic rings. The summed E-state index contributed by atoms with van der Waals surface area (Å²) < 4.78 is 16.1. The molecule has 4 rings (SSSR count). The zero-order valence-corrected chi connectivity index (χ0v) is 21.0. The summed E-state index contributed by atoms with van der Waals surface area (Å²) in [4.78, 5) is 19.9. The number of rotatable bonds is 6. The molecule has 10 heteroatoms. The minimum absolute atomic E-state index is 0.0801. The number of fused-ring (bicyclic) bond motifs is 1. The van der Waals surface area contributed by atoms with E-state index in [0.29, 0.717) is 21.9 Å². The van der Waals surface area contributed by atoms with Gasteiger partial charge in [0.25, 0.3) is 0 Å². The number of thioether (sulfide) groups is 1. The summed E-state index contributed by atoms with van der Waals surface area (Å²) in [7, 11) is 4.86. The molecule has 0 radical (unpaired) electrons. The maximum atomic E-state index is 13.0. The van der Waals surface area contributed by atoms with E-state index in [2.05, 4.69) is 17.0 Å². The number of ether oxygens (including phenoxy) is 3. The average Bonchev–Trinajstić information content (AvgIpc) is 2.90. The van der Waals surface area contributed by atoms with Crippen LogP contribution in [0.5, 0.6) is 5.75 Å². The molecule has 0 saturated heterocycles. The van der Waals surface area contributed by atoms with E-state index in [1.165, 1.54) is 18.9 Å². The summed E-state index contributed by atoms with van der Waals surface area (Å²) in [5, 5.41) is 20.1. The summed E-state index contributed by atoms with van der Waals surface area (Å²) in [6.07, 6.45) is 0.790. The third-order valence-electron chi connectivity index (χ3n) is 6.14. The molecule has 0 spiro atoms. The van der Waals surface area contributed by atoms with Crippen LogP contribution in [0.3, 0.4) is 0 Å². The Labute approximate surface area is 213 Å².